The Morgan fingerprint density at radius 1 is 1.44 bits per heavy atom. The maximum atomic E-state index is 11.6. The molecule has 0 saturated heterocycles. The smallest absolute Gasteiger partial charge is 0.236 e. The molecule has 1 amide bonds. The number of aryl methyl sites for hydroxylation is 2. The summed E-state index contributed by atoms with van der Waals surface area (Å²) in [5, 5.41) is 10.3. The normalized spacial score (nSPS) is 10.3. The fourth-order valence-corrected chi connectivity index (χ4v) is 1.82. The van der Waals surface area contributed by atoms with Crippen molar-refractivity contribution >= 4 is 23.5 Å². The molecule has 0 atom stereocenters. The second-order valence-electron chi connectivity index (χ2n) is 3.52. The Morgan fingerprint density at radius 2 is 2.28 bits per heavy atom. The third-order valence-electron chi connectivity index (χ3n) is 2.02. The minimum Gasteiger partial charge on any atom is -0.306 e. The molecule has 2 aromatic rings. The van der Waals surface area contributed by atoms with Gasteiger partial charge < -0.3 is 5.32 Å². The van der Waals surface area contributed by atoms with Gasteiger partial charge in [-0.15, -0.1) is 0 Å². The molecule has 94 valence electrons. The third kappa shape index (κ3) is 3.27. The van der Waals surface area contributed by atoms with Crippen molar-refractivity contribution in [2.45, 2.75) is 19.0 Å². The van der Waals surface area contributed by atoms with Gasteiger partial charge in [0.2, 0.25) is 5.91 Å². The average molecular weight is 265 g/mol. The number of thioether (sulfide) groups is 1. The molecule has 8 heteroatoms. The summed E-state index contributed by atoms with van der Waals surface area (Å²) in [6.45, 7) is 3.57. The van der Waals surface area contributed by atoms with Crippen molar-refractivity contribution in [3.05, 3.63) is 23.7 Å². The van der Waals surface area contributed by atoms with Crippen LogP contribution in [-0.2, 0) is 4.79 Å². The SMILES string of the molecule is Cc1ccnc(SCC(=O)Nc2nonc2C)n1. The molecule has 2 aromatic heterocycles. The molecule has 2 heterocycles. The van der Waals surface area contributed by atoms with E-state index in [4.69, 9.17) is 0 Å². The monoisotopic (exact) mass is 265 g/mol. The van der Waals surface area contributed by atoms with Crippen LogP contribution in [0.3, 0.4) is 0 Å². The number of nitrogens with one attached hydrogen (secondary N) is 1. The van der Waals surface area contributed by atoms with E-state index in [1.54, 1.807) is 19.2 Å². The molecular weight excluding hydrogens is 254 g/mol. The van der Waals surface area contributed by atoms with Crippen LogP contribution < -0.4 is 5.32 Å². The molecule has 0 fully saturated rings. The van der Waals surface area contributed by atoms with Crippen LogP contribution in [0.25, 0.3) is 0 Å². The van der Waals surface area contributed by atoms with Crippen LogP contribution in [-0.4, -0.2) is 31.9 Å². The van der Waals surface area contributed by atoms with E-state index in [1.807, 2.05) is 6.92 Å². The topological polar surface area (TPSA) is 93.8 Å². The zero-order valence-corrected chi connectivity index (χ0v) is 10.7. The number of rotatable bonds is 4. The lowest BCUT2D eigenvalue weighted by Crippen LogP contribution is -2.15. The van der Waals surface area contributed by atoms with Crippen molar-refractivity contribution in [2.24, 2.45) is 0 Å². The van der Waals surface area contributed by atoms with Crippen molar-refractivity contribution in [1.82, 2.24) is 20.3 Å². The molecule has 0 aliphatic heterocycles. The van der Waals surface area contributed by atoms with Gasteiger partial charge in [-0.1, -0.05) is 16.9 Å². The van der Waals surface area contributed by atoms with E-state index in [9.17, 15) is 4.79 Å². The van der Waals surface area contributed by atoms with E-state index in [-0.39, 0.29) is 11.7 Å². The zero-order valence-electron chi connectivity index (χ0n) is 9.88. The Balaban J connectivity index is 1.87. The first kappa shape index (κ1) is 12.5. The van der Waals surface area contributed by atoms with Crippen LogP contribution in [0.5, 0.6) is 0 Å². The maximum Gasteiger partial charge on any atom is 0.236 e. The lowest BCUT2D eigenvalue weighted by molar-refractivity contribution is -0.113. The number of amides is 1. The summed E-state index contributed by atoms with van der Waals surface area (Å²) in [4.78, 5) is 19.9. The van der Waals surface area contributed by atoms with Gasteiger partial charge in [0.1, 0.15) is 5.69 Å². The Morgan fingerprint density at radius 3 is 2.94 bits per heavy atom. The molecule has 7 nitrogen and oxygen atoms in total. The Bertz CT molecular complexity index is 557. The largest absolute Gasteiger partial charge is 0.306 e. The van der Waals surface area contributed by atoms with E-state index in [0.717, 1.165) is 5.69 Å². The van der Waals surface area contributed by atoms with Crippen molar-refractivity contribution in [2.75, 3.05) is 11.1 Å². The van der Waals surface area contributed by atoms with E-state index in [0.29, 0.717) is 16.7 Å². The molecule has 0 aromatic carbocycles. The highest BCUT2D eigenvalue weighted by atomic mass is 32.2. The number of nitrogens with zero attached hydrogens (tertiary/aromatic N) is 4. The quantitative estimate of drug-likeness (QED) is 0.655. The summed E-state index contributed by atoms with van der Waals surface area (Å²) < 4.78 is 4.48. The zero-order chi connectivity index (χ0) is 13.0. The van der Waals surface area contributed by atoms with Gasteiger partial charge in [-0.2, -0.15) is 0 Å². The van der Waals surface area contributed by atoms with E-state index in [1.165, 1.54) is 11.8 Å². The Kier molecular flexibility index (Phi) is 3.88. The molecule has 0 unspecified atom stereocenters. The minimum atomic E-state index is -0.205. The predicted octanol–water partition coefficient (Wildman–Crippen LogP) is 1.21. The van der Waals surface area contributed by atoms with Gasteiger partial charge in [0.05, 0.1) is 5.75 Å². The van der Waals surface area contributed by atoms with Crippen LogP contribution in [0.15, 0.2) is 22.0 Å². The summed E-state index contributed by atoms with van der Waals surface area (Å²) >= 11 is 1.26. The first-order valence-electron chi connectivity index (χ1n) is 5.16. The molecule has 18 heavy (non-hydrogen) atoms. The number of anilines is 1. The van der Waals surface area contributed by atoms with E-state index < -0.39 is 0 Å². The number of carbonyl (C=O) groups excluding carboxylic acids is 1. The standard InChI is InChI=1S/C10H11N5O2S/c1-6-3-4-11-10(12-6)18-5-8(16)13-9-7(2)14-17-15-9/h3-4H,5H2,1-2H3,(H,13,15,16). The first-order chi connectivity index (χ1) is 8.65. The molecule has 2 rings (SSSR count). The summed E-state index contributed by atoms with van der Waals surface area (Å²) in [5.74, 6) is 0.338. The molecule has 1 N–H and O–H groups in total. The van der Waals surface area contributed by atoms with Gasteiger partial charge in [0.15, 0.2) is 11.0 Å². The fourth-order valence-electron chi connectivity index (χ4n) is 1.14. The highest BCUT2D eigenvalue weighted by Crippen LogP contribution is 2.13. The second-order valence-corrected chi connectivity index (χ2v) is 4.46. The lowest BCUT2D eigenvalue weighted by Gasteiger charge is -2.01. The average Bonchev–Trinajstić information content (AvgIpc) is 2.73. The predicted molar refractivity (Wildman–Crippen MR) is 65.2 cm³/mol. The van der Waals surface area contributed by atoms with E-state index >= 15 is 0 Å². The molecule has 0 radical (unpaired) electrons. The van der Waals surface area contributed by atoms with Crippen molar-refractivity contribution < 1.29 is 9.42 Å². The van der Waals surface area contributed by atoms with Crippen LogP contribution in [0.1, 0.15) is 11.4 Å². The Labute approximate surface area is 107 Å². The number of hydrogen-bond donors (Lipinski definition) is 1. The lowest BCUT2D eigenvalue weighted by atomic mass is 10.5. The minimum absolute atomic E-state index is 0.204. The third-order valence-corrected chi connectivity index (χ3v) is 2.88. The highest BCUT2D eigenvalue weighted by Gasteiger charge is 2.10. The second kappa shape index (κ2) is 5.58. The van der Waals surface area contributed by atoms with Gasteiger partial charge >= 0.3 is 0 Å². The highest BCUT2D eigenvalue weighted by molar-refractivity contribution is 7.99. The van der Waals surface area contributed by atoms with Crippen LogP contribution >= 0.6 is 11.8 Å². The number of carbonyl (C=O) groups is 1. The van der Waals surface area contributed by atoms with E-state index in [2.05, 4.69) is 30.2 Å². The summed E-state index contributed by atoms with van der Waals surface area (Å²) in [6.07, 6.45) is 1.66. The summed E-state index contributed by atoms with van der Waals surface area (Å²) in [7, 11) is 0. The molecule has 0 aliphatic rings. The van der Waals surface area contributed by atoms with Crippen LogP contribution in [0, 0.1) is 13.8 Å². The van der Waals surface area contributed by atoms with Crippen molar-refractivity contribution in [3.8, 4) is 0 Å². The number of hydrogen-bond acceptors (Lipinski definition) is 7. The van der Waals surface area contributed by atoms with Crippen molar-refractivity contribution in [1.29, 1.82) is 0 Å². The van der Waals surface area contributed by atoms with Gasteiger partial charge in [0.25, 0.3) is 0 Å². The first-order valence-corrected chi connectivity index (χ1v) is 6.15. The van der Waals surface area contributed by atoms with Crippen LogP contribution in [0.2, 0.25) is 0 Å². The maximum absolute atomic E-state index is 11.6. The summed E-state index contributed by atoms with van der Waals surface area (Å²) in [6, 6.07) is 1.80. The molecule has 0 saturated carbocycles. The fraction of sp³-hybridized carbons (Fsp3) is 0.300. The van der Waals surface area contributed by atoms with Gasteiger partial charge in [0, 0.05) is 11.9 Å². The molecule has 0 aliphatic carbocycles. The molecule has 0 spiro atoms. The molecular formula is C10H11N5O2S. The van der Waals surface area contributed by atoms with Gasteiger partial charge in [-0.3, -0.25) is 4.79 Å². The van der Waals surface area contributed by atoms with Crippen LogP contribution in [0.4, 0.5) is 5.82 Å². The van der Waals surface area contributed by atoms with Gasteiger partial charge in [-0.25, -0.2) is 14.6 Å². The Hall–Kier alpha value is -1.96. The van der Waals surface area contributed by atoms with Gasteiger partial charge in [-0.05, 0) is 25.1 Å². The molecule has 0 bridgehead atoms. The summed E-state index contributed by atoms with van der Waals surface area (Å²) in [5.41, 5.74) is 1.41. The number of aromatic nitrogens is 4. The van der Waals surface area contributed by atoms with Crippen molar-refractivity contribution in [3.63, 3.8) is 0 Å².